The molecule has 2 aliphatic rings. The van der Waals surface area contributed by atoms with Gasteiger partial charge >= 0.3 is 0 Å². The van der Waals surface area contributed by atoms with E-state index in [0.717, 1.165) is 34.4 Å². The lowest BCUT2D eigenvalue weighted by Gasteiger charge is -2.17. The first-order chi connectivity index (χ1) is 18.5. The average molecular weight is 525 g/mol. The van der Waals surface area contributed by atoms with Crippen molar-refractivity contribution in [1.29, 1.82) is 0 Å². The van der Waals surface area contributed by atoms with E-state index in [1.54, 1.807) is 18.7 Å². The summed E-state index contributed by atoms with van der Waals surface area (Å²) in [5.74, 6) is 0.544. The fraction of sp³-hybridized carbons (Fsp3) is 0.417. The van der Waals surface area contributed by atoms with E-state index in [1.807, 2.05) is 26.0 Å². The Morgan fingerprint density at radius 1 is 1.15 bits per heavy atom. The van der Waals surface area contributed by atoms with Crippen LogP contribution in [0.3, 0.4) is 0 Å². The summed E-state index contributed by atoms with van der Waals surface area (Å²) in [6.45, 7) is 24.7. The van der Waals surface area contributed by atoms with Crippen LogP contribution in [0.2, 0.25) is 0 Å². The van der Waals surface area contributed by atoms with E-state index < -0.39 is 0 Å². The number of hydrogen-bond acceptors (Lipinski definition) is 3. The standard InChI is InChI=1S/C36H48N2O/c1-11-25(6)19-26(7)32(24(4)5)22-34(37-10)35-23-36(39)28(9)21-33(38-35)27(8)20-30(13-3)31-16-14-15-29(12-2)17-18-31/h11-13,19-20,22-23,26,31H,1,4,9,14-18,21H2,2-3,5-8,10H3/b25-19-,27-20-,29-12-,30-13+,32-22-,37-34?. The Hall–Kier alpha value is -3.33. The lowest BCUT2D eigenvalue weighted by Crippen LogP contribution is -2.08. The minimum absolute atomic E-state index is 0.104. The SMILES string of the molecule is C=C/C(C)=C\C(C)/C(=C\C(=NC)C1=CC(=O)C(=C)CC(/C(C)=C\C(=C/C)C2CCC/C(=C/C)CC2)=N1)C(=C)C. The zero-order valence-electron chi connectivity index (χ0n) is 25.4. The van der Waals surface area contributed by atoms with Crippen molar-refractivity contribution in [3.63, 3.8) is 0 Å². The van der Waals surface area contributed by atoms with Crippen molar-refractivity contribution in [1.82, 2.24) is 0 Å². The number of rotatable bonds is 9. The lowest BCUT2D eigenvalue weighted by atomic mass is 9.89. The maximum Gasteiger partial charge on any atom is 0.183 e. The molecular formula is C36H48N2O. The number of nitrogens with zero attached hydrogens (tertiary/aromatic N) is 2. The highest BCUT2D eigenvalue weighted by molar-refractivity contribution is 6.20. The molecule has 0 amide bonds. The van der Waals surface area contributed by atoms with Crippen molar-refractivity contribution >= 4 is 17.2 Å². The van der Waals surface area contributed by atoms with Crippen LogP contribution >= 0.6 is 0 Å². The minimum atomic E-state index is -0.104. The molecule has 3 nitrogen and oxygen atoms in total. The predicted octanol–water partition coefficient (Wildman–Crippen LogP) is 9.60. The van der Waals surface area contributed by atoms with Crippen LogP contribution in [0, 0.1) is 11.8 Å². The Labute approximate surface area is 237 Å². The normalized spacial score (nSPS) is 22.7. The number of aliphatic imine (C=N–C) groups is 2. The Bertz CT molecular complexity index is 1240. The zero-order valence-corrected chi connectivity index (χ0v) is 25.4. The van der Waals surface area contributed by atoms with Gasteiger partial charge in [-0.3, -0.25) is 14.8 Å². The summed E-state index contributed by atoms with van der Waals surface area (Å²) in [7, 11) is 1.74. The van der Waals surface area contributed by atoms with Crippen LogP contribution in [-0.4, -0.2) is 24.3 Å². The van der Waals surface area contributed by atoms with Crippen LogP contribution in [0.25, 0.3) is 0 Å². The quantitative estimate of drug-likeness (QED) is 0.0973. The molecule has 3 heteroatoms. The highest BCUT2D eigenvalue weighted by atomic mass is 16.1. The molecule has 0 bridgehead atoms. The zero-order chi connectivity index (χ0) is 29.1. The van der Waals surface area contributed by atoms with Crippen molar-refractivity contribution in [3.8, 4) is 0 Å². The van der Waals surface area contributed by atoms with Gasteiger partial charge in [0.25, 0.3) is 0 Å². The average Bonchev–Trinajstić information content (AvgIpc) is 3.24. The smallest absolute Gasteiger partial charge is 0.183 e. The molecule has 1 saturated carbocycles. The van der Waals surface area contributed by atoms with Gasteiger partial charge in [0.15, 0.2) is 5.78 Å². The molecule has 208 valence electrons. The molecule has 1 aliphatic carbocycles. The van der Waals surface area contributed by atoms with Crippen LogP contribution < -0.4 is 0 Å². The molecule has 1 heterocycles. The van der Waals surface area contributed by atoms with Gasteiger partial charge < -0.3 is 0 Å². The van der Waals surface area contributed by atoms with Crippen molar-refractivity contribution < 1.29 is 4.79 Å². The number of hydrogen-bond donors (Lipinski definition) is 0. The second kappa shape index (κ2) is 15.3. The summed E-state index contributed by atoms with van der Waals surface area (Å²) in [4.78, 5) is 22.6. The molecule has 0 aromatic carbocycles. The van der Waals surface area contributed by atoms with Gasteiger partial charge in [-0.05, 0) is 107 Å². The Kier molecular flexibility index (Phi) is 12.5. The van der Waals surface area contributed by atoms with Crippen molar-refractivity contribution in [2.45, 2.75) is 80.1 Å². The Morgan fingerprint density at radius 3 is 2.46 bits per heavy atom. The van der Waals surface area contributed by atoms with Gasteiger partial charge in [-0.1, -0.05) is 73.8 Å². The van der Waals surface area contributed by atoms with Gasteiger partial charge in [-0.2, -0.15) is 0 Å². The molecule has 39 heavy (non-hydrogen) atoms. The van der Waals surface area contributed by atoms with Gasteiger partial charge in [0.05, 0.1) is 11.4 Å². The van der Waals surface area contributed by atoms with E-state index in [9.17, 15) is 4.79 Å². The van der Waals surface area contributed by atoms with Gasteiger partial charge in [0.1, 0.15) is 0 Å². The lowest BCUT2D eigenvalue weighted by molar-refractivity contribution is -0.111. The molecule has 0 saturated heterocycles. The molecule has 0 N–H and O–H groups in total. The predicted molar refractivity (Wildman–Crippen MR) is 172 cm³/mol. The van der Waals surface area contributed by atoms with Crippen LogP contribution in [0.15, 0.2) is 117 Å². The van der Waals surface area contributed by atoms with Crippen LogP contribution in [0.4, 0.5) is 0 Å². The minimum Gasteiger partial charge on any atom is -0.290 e. The number of carbonyl (C=O) groups excluding carboxylic acids is 1. The molecule has 0 spiro atoms. The fourth-order valence-electron chi connectivity index (χ4n) is 5.28. The largest absolute Gasteiger partial charge is 0.290 e. The van der Waals surface area contributed by atoms with Crippen molar-refractivity contribution in [3.05, 3.63) is 107 Å². The summed E-state index contributed by atoms with van der Waals surface area (Å²) in [5, 5.41) is 0. The molecule has 0 radical (unpaired) electrons. The van der Waals surface area contributed by atoms with Crippen LogP contribution in [-0.2, 0) is 4.79 Å². The molecule has 2 atom stereocenters. The topological polar surface area (TPSA) is 41.8 Å². The summed E-state index contributed by atoms with van der Waals surface area (Å²) >= 11 is 0. The summed E-state index contributed by atoms with van der Waals surface area (Å²) < 4.78 is 0. The van der Waals surface area contributed by atoms with Gasteiger partial charge in [0.2, 0.25) is 0 Å². The van der Waals surface area contributed by atoms with E-state index in [-0.39, 0.29) is 11.7 Å². The number of carbonyl (C=O) groups is 1. The first-order valence-corrected chi connectivity index (χ1v) is 14.2. The molecule has 0 aromatic rings. The van der Waals surface area contributed by atoms with E-state index in [1.165, 1.54) is 31.3 Å². The van der Waals surface area contributed by atoms with Gasteiger partial charge in [-0.15, -0.1) is 0 Å². The van der Waals surface area contributed by atoms with E-state index in [2.05, 4.69) is 76.7 Å². The number of allylic oxidation sites excluding steroid dienone is 14. The Morgan fingerprint density at radius 2 is 1.87 bits per heavy atom. The molecule has 2 rings (SSSR count). The van der Waals surface area contributed by atoms with E-state index in [4.69, 9.17) is 4.99 Å². The second-order valence-corrected chi connectivity index (χ2v) is 10.8. The molecular weight excluding hydrogens is 476 g/mol. The van der Waals surface area contributed by atoms with Crippen molar-refractivity contribution in [2.75, 3.05) is 7.05 Å². The highest BCUT2D eigenvalue weighted by Gasteiger charge is 2.21. The number of ketones is 1. The van der Waals surface area contributed by atoms with Crippen molar-refractivity contribution in [2.24, 2.45) is 21.8 Å². The van der Waals surface area contributed by atoms with Gasteiger partial charge in [0, 0.05) is 25.3 Å². The van der Waals surface area contributed by atoms with Crippen LogP contribution in [0.5, 0.6) is 0 Å². The summed E-state index contributed by atoms with van der Waals surface area (Å²) in [6.07, 6.45) is 20.8. The second-order valence-electron chi connectivity index (χ2n) is 10.8. The molecule has 2 unspecified atom stereocenters. The highest BCUT2D eigenvalue weighted by Crippen LogP contribution is 2.33. The third-order valence-corrected chi connectivity index (χ3v) is 7.78. The third kappa shape index (κ3) is 9.13. The maximum absolute atomic E-state index is 13.0. The first-order valence-electron chi connectivity index (χ1n) is 14.2. The third-order valence-electron chi connectivity index (χ3n) is 7.78. The molecule has 1 aliphatic heterocycles. The summed E-state index contributed by atoms with van der Waals surface area (Å²) in [5.41, 5.74) is 9.71. The molecule has 0 aromatic heterocycles. The first kappa shape index (κ1) is 31.9. The molecule has 1 fully saturated rings. The van der Waals surface area contributed by atoms with Crippen LogP contribution in [0.1, 0.15) is 80.1 Å². The van der Waals surface area contributed by atoms with Gasteiger partial charge in [-0.25, -0.2) is 0 Å². The van der Waals surface area contributed by atoms with E-state index in [0.29, 0.717) is 29.3 Å². The monoisotopic (exact) mass is 524 g/mol. The Balaban J connectivity index is 2.50. The van der Waals surface area contributed by atoms with E-state index >= 15 is 0 Å². The maximum atomic E-state index is 13.0. The summed E-state index contributed by atoms with van der Waals surface area (Å²) in [6, 6.07) is 0. The fourth-order valence-corrected chi connectivity index (χ4v) is 5.28.